The molecule has 9 nitrogen and oxygen atoms in total. The number of dihydropyridines is 2. The van der Waals surface area contributed by atoms with Gasteiger partial charge in [-0.05, 0) is 37.5 Å². The Balaban J connectivity index is 1.02. The van der Waals surface area contributed by atoms with Gasteiger partial charge in [0, 0.05) is 45.4 Å². The average molecular weight is 457 g/mol. The topological polar surface area (TPSA) is 90.5 Å². The van der Waals surface area contributed by atoms with E-state index in [0.29, 0.717) is 11.9 Å². The average Bonchev–Trinajstić information content (AvgIpc) is 3.31. The lowest BCUT2D eigenvalue weighted by Gasteiger charge is -2.42. The van der Waals surface area contributed by atoms with Crippen molar-refractivity contribution in [1.29, 1.82) is 0 Å². The second-order valence-electron chi connectivity index (χ2n) is 9.43. The Hall–Kier alpha value is -2.36. The molecule has 3 N–H and O–H groups in total. The number of hydrogen-bond donors (Lipinski definition) is 3. The number of urea groups is 1. The number of amides is 2. The van der Waals surface area contributed by atoms with Crippen LogP contribution in [-0.4, -0.2) is 92.8 Å². The van der Waals surface area contributed by atoms with Crippen molar-refractivity contribution in [3.8, 4) is 0 Å². The Morgan fingerprint density at radius 1 is 1.21 bits per heavy atom. The van der Waals surface area contributed by atoms with Gasteiger partial charge in [-0.3, -0.25) is 15.2 Å². The zero-order valence-electron chi connectivity index (χ0n) is 19.3. The van der Waals surface area contributed by atoms with E-state index in [4.69, 9.17) is 9.47 Å². The maximum Gasteiger partial charge on any atom is 0.320 e. The van der Waals surface area contributed by atoms with Crippen LogP contribution in [-0.2, 0) is 9.47 Å². The molecule has 33 heavy (non-hydrogen) atoms. The fourth-order valence-electron chi connectivity index (χ4n) is 4.96. The highest BCUT2D eigenvalue weighted by molar-refractivity contribution is 5.81. The van der Waals surface area contributed by atoms with Crippen molar-refractivity contribution in [2.45, 2.75) is 50.3 Å². The zero-order valence-corrected chi connectivity index (χ0v) is 19.3. The molecule has 1 unspecified atom stereocenters. The lowest BCUT2D eigenvalue weighted by Crippen LogP contribution is -2.53. The lowest BCUT2D eigenvalue weighted by atomic mass is 10.0. The molecule has 0 aromatic rings. The van der Waals surface area contributed by atoms with E-state index in [1.165, 1.54) is 12.8 Å². The van der Waals surface area contributed by atoms with Crippen molar-refractivity contribution >= 4 is 12.2 Å². The summed E-state index contributed by atoms with van der Waals surface area (Å²) in [5.74, 6) is 0.706. The Morgan fingerprint density at radius 2 is 2.03 bits per heavy atom. The lowest BCUT2D eigenvalue weighted by molar-refractivity contribution is -0.0416. The quantitative estimate of drug-likeness (QED) is 0.478. The van der Waals surface area contributed by atoms with Gasteiger partial charge >= 0.3 is 6.03 Å². The molecule has 4 heterocycles. The standard InChI is InChI=1S/C24H36N6O3/c31-24(26-18-4-1-2-5-18)28-23-7-6-21-22(27-23)14-19(15-25-21)30-16-20(17-30)33-11-3-8-29-9-12-32-13-10-29/h6-7,14-15,18,20,22,27H,1-5,8-13,16-17H2,(H2,26,28,31). The molecule has 5 aliphatic rings. The first kappa shape index (κ1) is 22.4. The molecule has 0 radical (unpaired) electrons. The third-order valence-corrected chi connectivity index (χ3v) is 6.96. The molecule has 0 spiro atoms. The molecular formula is C24H36N6O3. The van der Waals surface area contributed by atoms with Gasteiger partial charge in [-0.2, -0.15) is 0 Å². The largest absolute Gasteiger partial charge is 0.379 e. The fraction of sp³-hybridized carbons (Fsp3) is 0.667. The molecule has 1 aliphatic carbocycles. The molecule has 4 aliphatic heterocycles. The smallest absolute Gasteiger partial charge is 0.320 e. The van der Waals surface area contributed by atoms with Crippen LogP contribution < -0.4 is 16.0 Å². The van der Waals surface area contributed by atoms with Crippen molar-refractivity contribution in [3.05, 3.63) is 35.4 Å². The summed E-state index contributed by atoms with van der Waals surface area (Å²) in [6, 6.07) is 0.120. The summed E-state index contributed by atoms with van der Waals surface area (Å²) in [4.78, 5) is 21.7. The number of fused-ring (bicyclic) bond motifs is 1. The number of nitrogens with one attached hydrogen (secondary N) is 3. The van der Waals surface area contributed by atoms with Crippen molar-refractivity contribution in [1.82, 2.24) is 25.8 Å². The third kappa shape index (κ3) is 5.96. The normalized spacial score (nSPS) is 26.0. The molecule has 0 aromatic carbocycles. The fourth-order valence-corrected chi connectivity index (χ4v) is 4.96. The number of carbonyl (C=O) groups excluding carboxylic acids is 1. The van der Waals surface area contributed by atoms with Gasteiger partial charge < -0.3 is 25.0 Å². The van der Waals surface area contributed by atoms with Gasteiger partial charge in [-0.15, -0.1) is 0 Å². The van der Waals surface area contributed by atoms with E-state index in [9.17, 15) is 4.79 Å². The second kappa shape index (κ2) is 10.7. The highest BCUT2D eigenvalue weighted by Crippen LogP contribution is 2.24. The van der Waals surface area contributed by atoms with Crippen molar-refractivity contribution in [3.63, 3.8) is 0 Å². The maximum atomic E-state index is 12.3. The number of hydrogen-bond acceptors (Lipinski definition) is 7. The van der Waals surface area contributed by atoms with Crippen LogP contribution >= 0.6 is 0 Å². The summed E-state index contributed by atoms with van der Waals surface area (Å²) in [6.07, 6.45) is 13.8. The van der Waals surface area contributed by atoms with Crippen LogP contribution in [0.3, 0.4) is 0 Å². The molecule has 9 heteroatoms. The minimum absolute atomic E-state index is 0.0368. The Kier molecular flexibility index (Phi) is 7.28. The predicted molar refractivity (Wildman–Crippen MR) is 127 cm³/mol. The molecule has 1 saturated carbocycles. The highest BCUT2D eigenvalue weighted by atomic mass is 16.5. The number of ether oxygens (including phenoxy) is 2. The van der Waals surface area contributed by atoms with Gasteiger partial charge in [-0.25, -0.2) is 4.79 Å². The zero-order chi connectivity index (χ0) is 22.5. The van der Waals surface area contributed by atoms with Crippen LogP contribution in [0.1, 0.15) is 32.1 Å². The first-order chi connectivity index (χ1) is 16.2. The molecule has 2 saturated heterocycles. The SMILES string of the molecule is O=C(NC1=CC=C2N=CC(N3CC(OCCCN4CCOCC4)C3)=CC2N1)NC1CCCC1. The van der Waals surface area contributed by atoms with Crippen molar-refractivity contribution < 1.29 is 14.3 Å². The number of nitrogens with zero attached hydrogens (tertiary/aromatic N) is 3. The van der Waals surface area contributed by atoms with Crippen LogP contribution in [0, 0.1) is 0 Å². The van der Waals surface area contributed by atoms with E-state index in [-0.39, 0.29) is 18.2 Å². The molecule has 2 amide bonds. The summed E-state index contributed by atoms with van der Waals surface area (Å²) in [5, 5.41) is 9.39. The van der Waals surface area contributed by atoms with Gasteiger partial charge in [-0.1, -0.05) is 12.8 Å². The maximum absolute atomic E-state index is 12.3. The Morgan fingerprint density at radius 3 is 2.85 bits per heavy atom. The summed E-state index contributed by atoms with van der Waals surface area (Å²) in [5.41, 5.74) is 2.06. The van der Waals surface area contributed by atoms with Crippen molar-refractivity contribution in [2.24, 2.45) is 4.99 Å². The number of allylic oxidation sites excluding steroid dienone is 3. The second-order valence-corrected chi connectivity index (χ2v) is 9.43. The van der Waals surface area contributed by atoms with E-state index < -0.39 is 0 Å². The van der Waals surface area contributed by atoms with Gasteiger partial charge in [0.2, 0.25) is 0 Å². The van der Waals surface area contributed by atoms with Crippen LogP contribution in [0.4, 0.5) is 4.79 Å². The minimum atomic E-state index is -0.141. The third-order valence-electron chi connectivity index (χ3n) is 6.96. The van der Waals surface area contributed by atoms with E-state index in [1.807, 2.05) is 18.4 Å². The van der Waals surface area contributed by atoms with Crippen LogP contribution in [0.15, 0.2) is 40.4 Å². The molecule has 180 valence electrons. The molecule has 5 rings (SSSR count). The summed E-state index contributed by atoms with van der Waals surface area (Å²) >= 11 is 0. The van der Waals surface area contributed by atoms with E-state index in [0.717, 1.165) is 83.2 Å². The van der Waals surface area contributed by atoms with Gasteiger partial charge in [0.25, 0.3) is 0 Å². The Bertz CT molecular complexity index is 820. The number of carbonyl (C=O) groups is 1. The predicted octanol–water partition coefficient (Wildman–Crippen LogP) is 1.32. The Labute approximate surface area is 195 Å². The molecule has 0 aromatic heterocycles. The number of morpholine rings is 1. The van der Waals surface area contributed by atoms with Crippen LogP contribution in [0.2, 0.25) is 0 Å². The van der Waals surface area contributed by atoms with Crippen LogP contribution in [0.5, 0.6) is 0 Å². The van der Waals surface area contributed by atoms with Gasteiger partial charge in [0.1, 0.15) is 5.82 Å². The molecule has 1 atom stereocenters. The van der Waals surface area contributed by atoms with E-state index in [1.54, 1.807) is 0 Å². The summed E-state index contributed by atoms with van der Waals surface area (Å²) < 4.78 is 11.4. The minimum Gasteiger partial charge on any atom is -0.379 e. The van der Waals surface area contributed by atoms with Crippen LogP contribution in [0.25, 0.3) is 0 Å². The number of likely N-dealkylation sites (tertiary alicyclic amines) is 1. The van der Waals surface area contributed by atoms with E-state index >= 15 is 0 Å². The van der Waals surface area contributed by atoms with Gasteiger partial charge in [0.15, 0.2) is 0 Å². The summed E-state index contributed by atoms with van der Waals surface area (Å²) in [7, 11) is 0. The van der Waals surface area contributed by atoms with Crippen molar-refractivity contribution in [2.75, 3.05) is 52.5 Å². The molecular weight excluding hydrogens is 420 g/mol. The first-order valence-corrected chi connectivity index (χ1v) is 12.4. The number of aliphatic imine (C=N–C) groups is 1. The van der Waals surface area contributed by atoms with Gasteiger partial charge in [0.05, 0.1) is 43.0 Å². The highest BCUT2D eigenvalue weighted by Gasteiger charge is 2.31. The summed E-state index contributed by atoms with van der Waals surface area (Å²) in [6.45, 7) is 7.46. The number of rotatable bonds is 8. The molecule has 3 fully saturated rings. The first-order valence-electron chi connectivity index (χ1n) is 12.4. The molecule has 0 bridgehead atoms. The monoisotopic (exact) mass is 456 g/mol. The van der Waals surface area contributed by atoms with E-state index in [2.05, 4.69) is 36.8 Å².